The van der Waals surface area contributed by atoms with Crippen molar-refractivity contribution >= 4 is 36.0 Å². The highest BCUT2D eigenvalue weighted by Crippen LogP contribution is 2.32. The van der Waals surface area contributed by atoms with Gasteiger partial charge in [-0.2, -0.15) is 0 Å². The first-order chi connectivity index (χ1) is 22.0. The number of fused-ring (bicyclic) bond motifs is 3. The van der Waals surface area contributed by atoms with Gasteiger partial charge in [-0.05, 0) is 105 Å². The van der Waals surface area contributed by atoms with E-state index in [9.17, 15) is 18.0 Å². The molecule has 0 unspecified atom stereocenters. The van der Waals surface area contributed by atoms with E-state index < -0.39 is 25.5 Å². The van der Waals surface area contributed by atoms with Crippen LogP contribution in [0.2, 0.25) is 13.1 Å². The summed E-state index contributed by atoms with van der Waals surface area (Å²) in [6.07, 6.45) is 1.97. The Balaban J connectivity index is 1.29. The minimum atomic E-state index is -2.15. The number of hydrogen-bond donors (Lipinski definition) is 0. The zero-order valence-electron chi connectivity index (χ0n) is 27.1. The fourth-order valence-corrected chi connectivity index (χ4v) is 11.0. The van der Waals surface area contributed by atoms with Gasteiger partial charge in [0.2, 0.25) is 5.36 Å². The molecule has 0 radical (unpaired) electrons. The Morgan fingerprint density at radius 1 is 0.870 bits per heavy atom. The summed E-state index contributed by atoms with van der Waals surface area (Å²) in [6, 6.07) is 18.0. The third kappa shape index (κ3) is 5.02. The average molecular weight is 639 g/mol. The lowest BCUT2D eigenvalue weighted by atomic mass is 9.87. The molecule has 3 aliphatic rings. The molecule has 0 aromatic heterocycles. The third-order valence-electron chi connectivity index (χ3n) is 10.4. The number of piperazine rings is 1. The summed E-state index contributed by atoms with van der Waals surface area (Å²) in [5, 5.41) is 5.52. The van der Waals surface area contributed by atoms with Crippen molar-refractivity contribution in [1.29, 1.82) is 0 Å². The van der Waals surface area contributed by atoms with Crippen molar-refractivity contribution in [1.82, 2.24) is 9.48 Å². The standard InChI is InChI=1S/C38H39F3N3OSi/c1-23-14-26(22-45)15-24(2)36(23)37-29-7-6-28(44-12-10-43(11-13-44)21-25-16-31(39)38(41)32(40)17-25)19-34(29)46(4,5)35-20-33-27(18-30(35)37)8-9-42(33)3/h6-7,14-20,22H,8-13,21H2,1-5H3/q+1. The lowest BCUT2D eigenvalue weighted by Gasteiger charge is -2.38. The van der Waals surface area contributed by atoms with E-state index >= 15 is 0 Å². The number of nitrogens with zero attached hydrogens (tertiary/aromatic N) is 3. The molecule has 4 aromatic rings. The highest BCUT2D eigenvalue weighted by Gasteiger charge is 2.38. The van der Waals surface area contributed by atoms with Gasteiger partial charge in [0.05, 0.1) is 0 Å². The van der Waals surface area contributed by atoms with Crippen LogP contribution in [-0.4, -0.2) is 59.0 Å². The molecule has 0 saturated carbocycles. The van der Waals surface area contributed by atoms with E-state index in [4.69, 9.17) is 0 Å². The molecular weight excluding hydrogens is 600 g/mol. The van der Waals surface area contributed by atoms with Gasteiger partial charge in [0.1, 0.15) is 28.0 Å². The normalized spacial score (nSPS) is 17.2. The maximum absolute atomic E-state index is 13.8. The number of carbonyl (C=O) groups excluding carboxylic acids is 1. The molecule has 1 fully saturated rings. The minimum Gasteiger partial charge on any atom is -0.369 e. The van der Waals surface area contributed by atoms with E-state index in [1.54, 1.807) is 0 Å². The number of aryl methyl sites for hydroxylation is 2. The molecule has 0 bridgehead atoms. The Hall–Kier alpha value is -4.01. The van der Waals surface area contributed by atoms with Crippen LogP contribution in [0.5, 0.6) is 0 Å². The number of rotatable bonds is 5. The Morgan fingerprint density at radius 2 is 1.54 bits per heavy atom. The fourth-order valence-electron chi connectivity index (χ4n) is 7.93. The molecule has 0 atom stereocenters. The van der Waals surface area contributed by atoms with E-state index in [-0.39, 0.29) is 0 Å². The van der Waals surface area contributed by atoms with Crippen LogP contribution in [0.4, 0.5) is 18.9 Å². The average Bonchev–Trinajstić information content (AvgIpc) is 3.40. The van der Waals surface area contributed by atoms with Gasteiger partial charge in [0.15, 0.2) is 17.5 Å². The van der Waals surface area contributed by atoms with Gasteiger partial charge in [-0.3, -0.25) is 9.69 Å². The van der Waals surface area contributed by atoms with Gasteiger partial charge < -0.3 is 4.90 Å². The largest absolute Gasteiger partial charge is 0.369 e. The van der Waals surface area contributed by atoms with Crippen molar-refractivity contribution in [2.45, 2.75) is 39.9 Å². The smallest absolute Gasteiger partial charge is 0.203 e. The van der Waals surface area contributed by atoms with Crippen molar-refractivity contribution in [2.75, 3.05) is 44.7 Å². The van der Waals surface area contributed by atoms with Crippen LogP contribution in [0.25, 0.3) is 5.57 Å². The summed E-state index contributed by atoms with van der Waals surface area (Å²) in [5.41, 5.74) is 9.68. The maximum Gasteiger partial charge on any atom is 0.203 e. The molecule has 0 amide bonds. The molecule has 0 N–H and O–H groups in total. The highest BCUT2D eigenvalue weighted by atomic mass is 28.3. The van der Waals surface area contributed by atoms with Crippen LogP contribution in [0.1, 0.15) is 43.7 Å². The van der Waals surface area contributed by atoms with Crippen molar-refractivity contribution in [3.8, 4) is 0 Å². The molecule has 0 aliphatic carbocycles. The summed E-state index contributed by atoms with van der Waals surface area (Å²) < 4.78 is 43.5. The van der Waals surface area contributed by atoms with Crippen LogP contribution in [-0.2, 0) is 13.0 Å². The second-order valence-electron chi connectivity index (χ2n) is 13.7. The number of likely N-dealkylation sites (N-methyl/N-ethyl adjacent to an activating group) is 1. The molecule has 46 heavy (non-hydrogen) atoms. The van der Waals surface area contributed by atoms with Gasteiger partial charge >= 0.3 is 0 Å². The van der Waals surface area contributed by atoms with Crippen LogP contribution >= 0.6 is 0 Å². The van der Waals surface area contributed by atoms with Gasteiger partial charge in [-0.15, -0.1) is 0 Å². The summed E-state index contributed by atoms with van der Waals surface area (Å²) in [5.74, 6) is -3.71. The predicted octanol–water partition coefficient (Wildman–Crippen LogP) is 3.92. The number of carbonyl (C=O) groups is 1. The van der Waals surface area contributed by atoms with Crippen LogP contribution in [0.3, 0.4) is 0 Å². The topological polar surface area (TPSA) is 26.6 Å². The highest BCUT2D eigenvalue weighted by molar-refractivity contribution is 7.01. The first-order valence-corrected chi connectivity index (χ1v) is 19.0. The Bertz CT molecular complexity index is 2020. The van der Waals surface area contributed by atoms with Crippen molar-refractivity contribution in [2.24, 2.45) is 0 Å². The number of aldehydes is 1. The number of anilines is 1. The Morgan fingerprint density at radius 3 is 2.20 bits per heavy atom. The molecule has 4 aromatic carbocycles. The summed E-state index contributed by atoms with van der Waals surface area (Å²) >= 11 is 0. The third-order valence-corrected chi connectivity index (χ3v) is 13.9. The first kappa shape index (κ1) is 30.6. The predicted molar refractivity (Wildman–Crippen MR) is 181 cm³/mol. The maximum atomic E-state index is 13.8. The number of halogens is 3. The monoisotopic (exact) mass is 638 g/mol. The number of benzene rings is 4. The fraction of sp³-hybridized carbons (Fsp3) is 0.316. The first-order valence-electron chi connectivity index (χ1n) is 16.0. The van der Waals surface area contributed by atoms with Crippen LogP contribution in [0, 0.1) is 31.3 Å². The van der Waals surface area contributed by atoms with Crippen molar-refractivity contribution < 1.29 is 18.0 Å². The Kier molecular flexibility index (Phi) is 7.56. The van der Waals surface area contributed by atoms with E-state index in [1.165, 1.54) is 48.9 Å². The lowest BCUT2D eigenvalue weighted by Crippen LogP contribution is -2.64. The molecule has 8 heteroatoms. The molecule has 4 nitrogen and oxygen atoms in total. The second-order valence-corrected chi connectivity index (χ2v) is 18.0. The van der Waals surface area contributed by atoms with Crippen molar-refractivity contribution in [3.05, 3.63) is 122 Å². The van der Waals surface area contributed by atoms with Crippen molar-refractivity contribution in [3.63, 3.8) is 0 Å². The minimum absolute atomic E-state index is 0.377. The SMILES string of the molecule is Cc1cc(C=O)cc(C)c1C1=c2cc3c(cc2[Si](C)(C)c2cc(N4CCN(Cc5cc(F)c(F)c(F)c5)CC4)ccc21)=[N+](C)CC3. The van der Waals surface area contributed by atoms with Crippen LogP contribution < -0.4 is 30.4 Å². The molecule has 3 heterocycles. The van der Waals surface area contributed by atoms with Crippen LogP contribution in [0.15, 0.2) is 54.6 Å². The second kappa shape index (κ2) is 11.4. The molecule has 7 rings (SSSR count). The summed E-state index contributed by atoms with van der Waals surface area (Å²) in [7, 11) is 0.0332. The molecule has 1 saturated heterocycles. The zero-order chi connectivity index (χ0) is 32.5. The van der Waals surface area contributed by atoms with E-state index in [0.29, 0.717) is 17.7 Å². The van der Waals surface area contributed by atoms with Gasteiger partial charge in [0, 0.05) is 62.0 Å². The lowest BCUT2D eigenvalue weighted by molar-refractivity contribution is 0.112. The van der Waals surface area contributed by atoms with Gasteiger partial charge in [0.25, 0.3) is 0 Å². The summed E-state index contributed by atoms with van der Waals surface area (Å²) in [4.78, 5) is 16.3. The molecular formula is C38H39F3N3OSi+. The van der Waals surface area contributed by atoms with E-state index in [0.717, 1.165) is 68.7 Å². The molecule has 0 spiro atoms. The number of hydrogen-bond acceptors (Lipinski definition) is 3. The van der Waals surface area contributed by atoms with Gasteiger partial charge in [-0.1, -0.05) is 19.2 Å². The zero-order valence-corrected chi connectivity index (χ0v) is 28.1. The molecule has 236 valence electrons. The quantitative estimate of drug-likeness (QED) is 0.144. The molecule has 3 aliphatic heterocycles. The summed E-state index contributed by atoms with van der Waals surface area (Å²) in [6.45, 7) is 13.6. The van der Waals surface area contributed by atoms with E-state index in [1.807, 2.05) is 12.1 Å². The van der Waals surface area contributed by atoms with E-state index in [2.05, 4.69) is 78.7 Å². The van der Waals surface area contributed by atoms with Gasteiger partial charge in [-0.25, -0.2) is 17.7 Å². The Labute approximate surface area is 269 Å².